The number of nitrogens with zero attached hydrogens (tertiary/aromatic N) is 2. The highest BCUT2D eigenvalue weighted by Gasteiger charge is 2.29. The third-order valence-electron chi connectivity index (χ3n) is 4.05. The molecule has 1 aromatic carbocycles. The van der Waals surface area contributed by atoms with Gasteiger partial charge in [-0.25, -0.2) is 8.42 Å². The Bertz CT molecular complexity index is 653. The lowest BCUT2D eigenvalue weighted by molar-refractivity contribution is 0.204. The zero-order valence-electron chi connectivity index (χ0n) is 14.0. The zero-order chi connectivity index (χ0) is 16.3. The van der Waals surface area contributed by atoms with Crippen molar-refractivity contribution in [3.05, 3.63) is 41.0 Å². The molecule has 0 N–H and O–H groups in total. The fourth-order valence-electron chi connectivity index (χ4n) is 2.59. The monoisotopic (exact) mass is 322 g/mol. The Morgan fingerprint density at radius 2 is 1.77 bits per heavy atom. The molecule has 0 bridgehead atoms. The van der Waals surface area contributed by atoms with Gasteiger partial charge in [-0.05, 0) is 44.9 Å². The Morgan fingerprint density at radius 1 is 1.14 bits per heavy atom. The number of aryl methyl sites for hydroxylation is 2. The van der Waals surface area contributed by atoms with Crippen LogP contribution in [0.3, 0.4) is 0 Å². The van der Waals surface area contributed by atoms with Crippen molar-refractivity contribution in [2.75, 3.05) is 32.7 Å². The molecule has 22 heavy (non-hydrogen) atoms. The minimum Gasteiger partial charge on any atom is -0.297 e. The fraction of sp³-hybridized carbons (Fsp3) is 0.529. The molecular weight excluding hydrogens is 296 g/mol. The molecule has 1 aliphatic rings. The summed E-state index contributed by atoms with van der Waals surface area (Å²) in [6.45, 7) is 11.6. The van der Waals surface area contributed by atoms with Gasteiger partial charge < -0.3 is 0 Å². The van der Waals surface area contributed by atoms with Gasteiger partial charge in [0.1, 0.15) is 0 Å². The van der Waals surface area contributed by atoms with Crippen LogP contribution in [0.4, 0.5) is 0 Å². The first kappa shape index (κ1) is 17.2. The molecule has 4 nitrogen and oxygen atoms in total. The molecule has 0 saturated carbocycles. The molecule has 0 spiro atoms. The van der Waals surface area contributed by atoms with Crippen LogP contribution in [0, 0.1) is 13.8 Å². The van der Waals surface area contributed by atoms with Crippen molar-refractivity contribution >= 4 is 10.0 Å². The van der Waals surface area contributed by atoms with Gasteiger partial charge in [0, 0.05) is 32.7 Å². The molecule has 0 unspecified atom stereocenters. The molecule has 122 valence electrons. The summed E-state index contributed by atoms with van der Waals surface area (Å²) in [7, 11) is -3.38. The van der Waals surface area contributed by atoms with Gasteiger partial charge in [-0.3, -0.25) is 4.90 Å². The van der Waals surface area contributed by atoms with Crippen molar-refractivity contribution in [3.8, 4) is 0 Å². The maximum Gasteiger partial charge on any atom is 0.243 e. The van der Waals surface area contributed by atoms with E-state index in [0.717, 1.165) is 30.8 Å². The highest BCUT2D eigenvalue weighted by atomic mass is 32.2. The van der Waals surface area contributed by atoms with Crippen LogP contribution >= 0.6 is 0 Å². The third-order valence-corrected chi connectivity index (χ3v) is 6.09. The number of piperazine rings is 1. The molecule has 0 amide bonds. The zero-order valence-corrected chi connectivity index (χ0v) is 14.8. The first-order valence-electron chi connectivity index (χ1n) is 7.74. The highest BCUT2D eigenvalue weighted by Crippen LogP contribution is 2.22. The van der Waals surface area contributed by atoms with Crippen molar-refractivity contribution in [1.29, 1.82) is 0 Å². The standard InChI is InChI=1S/C17H26N2O2S/c1-14(2)7-8-18-9-11-19(12-10-18)22(20,21)17-13-15(3)5-6-16(17)4/h5-7,13H,8-12H2,1-4H3. The minimum absolute atomic E-state index is 0.449. The van der Waals surface area contributed by atoms with Gasteiger partial charge in [0.2, 0.25) is 10.0 Å². The van der Waals surface area contributed by atoms with Crippen LogP contribution in [0.5, 0.6) is 0 Å². The Morgan fingerprint density at radius 3 is 2.36 bits per heavy atom. The van der Waals surface area contributed by atoms with Crippen molar-refractivity contribution in [1.82, 2.24) is 9.21 Å². The van der Waals surface area contributed by atoms with Crippen LogP contribution in [0.15, 0.2) is 34.7 Å². The van der Waals surface area contributed by atoms with Crippen LogP contribution in [0.1, 0.15) is 25.0 Å². The average molecular weight is 322 g/mol. The molecule has 1 aliphatic heterocycles. The maximum absolute atomic E-state index is 12.8. The predicted molar refractivity (Wildman–Crippen MR) is 90.5 cm³/mol. The quantitative estimate of drug-likeness (QED) is 0.800. The van der Waals surface area contributed by atoms with E-state index in [0.29, 0.717) is 18.0 Å². The number of rotatable bonds is 4. The van der Waals surface area contributed by atoms with Crippen LogP contribution in [-0.4, -0.2) is 50.3 Å². The molecule has 0 radical (unpaired) electrons. The fourth-order valence-corrected chi connectivity index (χ4v) is 4.32. The number of hydrogen-bond acceptors (Lipinski definition) is 3. The summed E-state index contributed by atoms with van der Waals surface area (Å²) in [5, 5.41) is 0. The molecule has 1 fully saturated rings. The lowest BCUT2D eigenvalue weighted by Crippen LogP contribution is -2.48. The second kappa shape index (κ2) is 6.94. The van der Waals surface area contributed by atoms with Crippen molar-refractivity contribution < 1.29 is 8.42 Å². The second-order valence-electron chi connectivity index (χ2n) is 6.26. The van der Waals surface area contributed by atoms with Crippen LogP contribution in [0.2, 0.25) is 0 Å². The van der Waals surface area contributed by atoms with Gasteiger partial charge in [0.25, 0.3) is 0 Å². The molecule has 0 aliphatic carbocycles. The minimum atomic E-state index is -3.38. The van der Waals surface area contributed by atoms with E-state index >= 15 is 0 Å². The van der Waals surface area contributed by atoms with Gasteiger partial charge in [-0.15, -0.1) is 0 Å². The van der Waals surface area contributed by atoms with E-state index < -0.39 is 10.0 Å². The summed E-state index contributed by atoms with van der Waals surface area (Å²) in [6.07, 6.45) is 2.19. The summed E-state index contributed by atoms with van der Waals surface area (Å²) < 4.78 is 27.3. The lowest BCUT2D eigenvalue weighted by Gasteiger charge is -2.33. The maximum atomic E-state index is 12.8. The highest BCUT2D eigenvalue weighted by molar-refractivity contribution is 7.89. The first-order chi connectivity index (χ1) is 10.3. The van der Waals surface area contributed by atoms with Gasteiger partial charge in [0.05, 0.1) is 4.90 Å². The number of allylic oxidation sites excluding steroid dienone is 1. The van der Waals surface area contributed by atoms with E-state index in [1.165, 1.54) is 5.57 Å². The van der Waals surface area contributed by atoms with E-state index in [-0.39, 0.29) is 0 Å². The third kappa shape index (κ3) is 3.97. The van der Waals surface area contributed by atoms with Crippen LogP contribution in [-0.2, 0) is 10.0 Å². The molecule has 2 rings (SSSR count). The molecular formula is C17H26N2O2S. The van der Waals surface area contributed by atoms with E-state index in [1.807, 2.05) is 26.0 Å². The van der Waals surface area contributed by atoms with E-state index in [2.05, 4.69) is 24.8 Å². The molecule has 1 saturated heterocycles. The van der Waals surface area contributed by atoms with Crippen LogP contribution in [0.25, 0.3) is 0 Å². The molecule has 0 atom stereocenters. The molecule has 1 heterocycles. The Kier molecular flexibility index (Phi) is 5.42. The normalized spacial score (nSPS) is 17.5. The van der Waals surface area contributed by atoms with Gasteiger partial charge in [-0.1, -0.05) is 23.8 Å². The van der Waals surface area contributed by atoms with Gasteiger partial charge >= 0.3 is 0 Å². The summed E-state index contributed by atoms with van der Waals surface area (Å²) >= 11 is 0. The number of sulfonamides is 1. The summed E-state index contributed by atoms with van der Waals surface area (Å²) in [5.74, 6) is 0. The van der Waals surface area contributed by atoms with E-state index in [9.17, 15) is 8.42 Å². The number of hydrogen-bond donors (Lipinski definition) is 0. The van der Waals surface area contributed by atoms with Gasteiger partial charge in [-0.2, -0.15) is 4.31 Å². The smallest absolute Gasteiger partial charge is 0.243 e. The lowest BCUT2D eigenvalue weighted by atomic mass is 10.2. The van der Waals surface area contributed by atoms with E-state index in [4.69, 9.17) is 0 Å². The second-order valence-corrected chi connectivity index (χ2v) is 8.16. The molecule has 0 aromatic heterocycles. The van der Waals surface area contributed by atoms with E-state index in [1.54, 1.807) is 10.4 Å². The Hall–Kier alpha value is -1.17. The first-order valence-corrected chi connectivity index (χ1v) is 9.18. The number of benzene rings is 1. The SMILES string of the molecule is CC(C)=CCN1CCN(S(=O)(=O)c2cc(C)ccc2C)CC1. The molecule has 5 heteroatoms. The summed E-state index contributed by atoms with van der Waals surface area (Å²) in [6, 6.07) is 5.61. The average Bonchev–Trinajstić information content (AvgIpc) is 2.48. The Balaban J connectivity index is 2.10. The summed E-state index contributed by atoms with van der Waals surface area (Å²) in [5.41, 5.74) is 3.09. The van der Waals surface area contributed by atoms with Crippen LogP contribution < -0.4 is 0 Å². The van der Waals surface area contributed by atoms with Gasteiger partial charge in [0.15, 0.2) is 0 Å². The summed E-state index contributed by atoms with van der Waals surface area (Å²) in [4.78, 5) is 2.74. The largest absolute Gasteiger partial charge is 0.297 e. The Labute approximate surface area is 134 Å². The van der Waals surface area contributed by atoms with Crippen molar-refractivity contribution in [2.24, 2.45) is 0 Å². The van der Waals surface area contributed by atoms with Crippen molar-refractivity contribution in [3.63, 3.8) is 0 Å². The topological polar surface area (TPSA) is 40.6 Å². The van der Waals surface area contributed by atoms with Crippen molar-refractivity contribution in [2.45, 2.75) is 32.6 Å². The molecule has 1 aromatic rings. The predicted octanol–water partition coefficient (Wildman–Crippen LogP) is 2.58.